The summed E-state index contributed by atoms with van der Waals surface area (Å²) < 4.78 is 10.9. The molecule has 0 aromatic heterocycles. The van der Waals surface area contributed by atoms with Crippen molar-refractivity contribution in [1.82, 2.24) is 4.90 Å². The fraction of sp³-hybridized carbons (Fsp3) is 0.316. The summed E-state index contributed by atoms with van der Waals surface area (Å²) in [5, 5.41) is 0.587. The molecular formula is C19H20ClNO3. The second-order valence-electron chi connectivity index (χ2n) is 5.93. The van der Waals surface area contributed by atoms with Gasteiger partial charge in [-0.15, -0.1) is 0 Å². The van der Waals surface area contributed by atoms with Crippen LogP contribution in [-0.4, -0.2) is 24.6 Å². The maximum Gasteiger partial charge on any atom is 0.227 e. The summed E-state index contributed by atoms with van der Waals surface area (Å²) in [6.07, 6.45) is 0.247. The molecule has 0 spiro atoms. The van der Waals surface area contributed by atoms with Crippen molar-refractivity contribution in [3.63, 3.8) is 0 Å². The molecule has 2 aromatic rings. The first kappa shape index (κ1) is 16.8. The van der Waals surface area contributed by atoms with Crippen LogP contribution in [0.2, 0.25) is 5.02 Å². The van der Waals surface area contributed by atoms with Crippen LogP contribution in [0.25, 0.3) is 0 Å². The molecule has 0 fully saturated rings. The lowest BCUT2D eigenvalue weighted by atomic mass is 10.0. The van der Waals surface area contributed by atoms with Crippen LogP contribution in [0.5, 0.6) is 5.75 Å². The van der Waals surface area contributed by atoms with Crippen molar-refractivity contribution in [3.8, 4) is 5.75 Å². The Balaban J connectivity index is 1.78. The summed E-state index contributed by atoms with van der Waals surface area (Å²) in [4.78, 5) is 14.5. The van der Waals surface area contributed by atoms with E-state index in [0.717, 1.165) is 22.4 Å². The Labute approximate surface area is 146 Å². The van der Waals surface area contributed by atoms with Gasteiger partial charge in [0.15, 0.2) is 6.79 Å². The number of likely N-dealkylation sites (N-methyl/N-ethyl adjacent to an activating group) is 1. The van der Waals surface area contributed by atoms with Crippen molar-refractivity contribution in [2.45, 2.75) is 26.0 Å². The van der Waals surface area contributed by atoms with Crippen LogP contribution in [-0.2, 0) is 22.6 Å². The number of ether oxygens (including phenoxy) is 2. The lowest BCUT2D eigenvalue weighted by Gasteiger charge is -2.27. The van der Waals surface area contributed by atoms with E-state index in [1.165, 1.54) is 0 Å². The van der Waals surface area contributed by atoms with Crippen LogP contribution in [0.1, 0.15) is 29.7 Å². The van der Waals surface area contributed by atoms with E-state index in [1.807, 2.05) is 50.4 Å². The molecule has 2 aromatic carbocycles. The number of hydrogen-bond acceptors (Lipinski definition) is 3. The second kappa shape index (κ2) is 7.24. The van der Waals surface area contributed by atoms with E-state index in [9.17, 15) is 4.79 Å². The van der Waals surface area contributed by atoms with Gasteiger partial charge in [0, 0.05) is 23.2 Å². The first-order valence-electron chi connectivity index (χ1n) is 7.88. The number of carbonyl (C=O) groups excluding carboxylic acids is 1. The molecule has 3 rings (SSSR count). The molecule has 0 N–H and O–H groups in total. The summed E-state index contributed by atoms with van der Waals surface area (Å²) in [6.45, 7) is 2.67. The maximum absolute atomic E-state index is 12.7. The molecule has 0 aliphatic carbocycles. The molecule has 1 unspecified atom stereocenters. The molecule has 1 amide bonds. The molecule has 24 heavy (non-hydrogen) atoms. The maximum atomic E-state index is 12.7. The summed E-state index contributed by atoms with van der Waals surface area (Å²) in [6, 6.07) is 13.6. The van der Waals surface area contributed by atoms with E-state index in [4.69, 9.17) is 21.1 Å². The molecule has 0 bridgehead atoms. The first-order chi connectivity index (χ1) is 11.6. The van der Waals surface area contributed by atoms with Gasteiger partial charge < -0.3 is 14.4 Å². The Bertz CT molecular complexity index is 733. The predicted molar refractivity (Wildman–Crippen MR) is 93.1 cm³/mol. The van der Waals surface area contributed by atoms with Crippen LogP contribution < -0.4 is 4.74 Å². The molecular weight excluding hydrogens is 326 g/mol. The molecule has 1 aliphatic rings. The number of hydrogen-bond donors (Lipinski definition) is 0. The zero-order valence-corrected chi connectivity index (χ0v) is 14.5. The van der Waals surface area contributed by atoms with Crippen molar-refractivity contribution in [2.75, 3.05) is 13.8 Å². The zero-order chi connectivity index (χ0) is 17.1. The normalized spacial score (nSPS) is 14.5. The van der Waals surface area contributed by atoms with E-state index in [0.29, 0.717) is 11.6 Å². The third kappa shape index (κ3) is 3.55. The third-order valence-corrected chi connectivity index (χ3v) is 4.57. The van der Waals surface area contributed by atoms with Crippen molar-refractivity contribution in [3.05, 3.63) is 64.2 Å². The number of amides is 1. The fourth-order valence-corrected chi connectivity index (χ4v) is 3.11. The van der Waals surface area contributed by atoms with E-state index in [1.54, 1.807) is 11.0 Å². The van der Waals surface area contributed by atoms with Crippen LogP contribution >= 0.6 is 11.6 Å². The zero-order valence-electron chi connectivity index (χ0n) is 13.8. The quantitative estimate of drug-likeness (QED) is 0.841. The number of fused-ring (bicyclic) bond motifs is 1. The number of benzene rings is 2. The predicted octanol–water partition coefficient (Wildman–Crippen LogP) is 3.97. The highest BCUT2D eigenvalue weighted by atomic mass is 35.5. The van der Waals surface area contributed by atoms with E-state index >= 15 is 0 Å². The number of carbonyl (C=O) groups is 1. The average Bonchev–Trinajstić information content (AvgIpc) is 2.61. The van der Waals surface area contributed by atoms with Gasteiger partial charge in [0.25, 0.3) is 0 Å². The van der Waals surface area contributed by atoms with Crippen LogP contribution in [0, 0.1) is 0 Å². The number of rotatable bonds is 4. The standard InChI is InChI=1S/C19H20ClNO3/c1-13(14-6-4-3-5-7-14)21(2)18(22)10-15-8-17(20)9-16-11-23-12-24-19(15)16/h3-9,13H,10-12H2,1-2H3. The minimum Gasteiger partial charge on any atom is -0.467 e. The monoisotopic (exact) mass is 345 g/mol. The van der Waals surface area contributed by atoms with Crippen molar-refractivity contribution >= 4 is 17.5 Å². The van der Waals surface area contributed by atoms with Crippen LogP contribution in [0.4, 0.5) is 0 Å². The van der Waals surface area contributed by atoms with Crippen molar-refractivity contribution in [1.29, 1.82) is 0 Å². The molecule has 1 aliphatic heterocycles. The van der Waals surface area contributed by atoms with Gasteiger partial charge in [0.2, 0.25) is 5.91 Å². The Kier molecular flexibility index (Phi) is 5.07. The minimum absolute atomic E-state index is 0.00189. The van der Waals surface area contributed by atoms with Gasteiger partial charge in [-0.1, -0.05) is 41.9 Å². The van der Waals surface area contributed by atoms with Gasteiger partial charge >= 0.3 is 0 Å². The van der Waals surface area contributed by atoms with Gasteiger partial charge in [0.05, 0.1) is 19.1 Å². The smallest absolute Gasteiger partial charge is 0.227 e. The Morgan fingerprint density at radius 1 is 1.29 bits per heavy atom. The largest absolute Gasteiger partial charge is 0.467 e. The summed E-state index contributed by atoms with van der Waals surface area (Å²) in [5.41, 5.74) is 2.79. The van der Waals surface area contributed by atoms with E-state index in [2.05, 4.69) is 0 Å². The van der Waals surface area contributed by atoms with Gasteiger partial charge in [-0.25, -0.2) is 0 Å². The average molecular weight is 346 g/mol. The topological polar surface area (TPSA) is 38.8 Å². The molecule has 0 radical (unpaired) electrons. The van der Waals surface area contributed by atoms with Crippen molar-refractivity contribution < 1.29 is 14.3 Å². The lowest BCUT2D eigenvalue weighted by molar-refractivity contribution is -0.131. The highest BCUT2D eigenvalue weighted by molar-refractivity contribution is 6.30. The lowest BCUT2D eigenvalue weighted by Crippen LogP contribution is -2.31. The molecule has 4 nitrogen and oxygen atoms in total. The van der Waals surface area contributed by atoms with Crippen molar-refractivity contribution in [2.24, 2.45) is 0 Å². The number of nitrogens with zero attached hydrogens (tertiary/aromatic N) is 1. The first-order valence-corrected chi connectivity index (χ1v) is 8.26. The Morgan fingerprint density at radius 3 is 2.79 bits per heavy atom. The minimum atomic E-state index is -0.00189. The van der Waals surface area contributed by atoms with Crippen LogP contribution in [0.15, 0.2) is 42.5 Å². The SMILES string of the molecule is CC(c1ccccc1)N(C)C(=O)Cc1cc(Cl)cc2c1OCOC2. The summed E-state index contributed by atoms with van der Waals surface area (Å²) >= 11 is 6.17. The van der Waals surface area contributed by atoms with Gasteiger partial charge in [-0.2, -0.15) is 0 Å². The molecule has 5 heteroatoms. The summed E-state index contributed by atoms with van der Waals surface area (Å²) in [5.74, 6) is 0.741. The van der Waals surface area contributed by atoms with Crippen LogP contribution in [0.3, 0.4) is 0 Å². The van der Waals surface area contributed by atoms with E-state index in [-0.39, 0.29) is 25.2 Å². The third-order valence-electron chi connectivity index (χ3n) is 4.35. The van der Waals surface area contributed by atoms with Gasteiger partial charge in [0.1, 0.15) is 5.75 Å². The number of halogens is 1. The summed E-state index contributed by atoms with van der Waals surface area (Å²) in [7, 11) is 1.82. The molecule has 0 saturated heterocycles. The molecule has 1 heterocycles. The van der Waals surface area contributed by atoms with Gasteiger partial charge in [-0.3, -0.25) is 4.79 Å². The molecule has 0 saturated carbocycles. The molecule has 126 valence electrons. The second-order valence-corrected chi connectivity index (χ2v) is 6.37. The Morgan fingerprint density at radius 2 is 2.04 bits per heavy atom. The molecule has 1 atom stereocenters. The highest BCUT2D eigenvalue weighted by Crippen LogP contribution is 2.32. The Hall–Kier alpha value is -2.04. The van der Waals surface area contributed by atoms with E-state index < -0.39 is 0 Å². The fourth-order valence-electron chi connectivity index (χ4n) is 2.85. The highest BCUT2D eigenvalue weighted by Gasteiger charge is 2.22. The van der Waals surface area contributed by atoms with Gasteiger partial charge in [-0.05, 0) is 24.6 Å².